The van der Waals surface area contributed by atoms with E-state index in [1.54, 1.807) is 0 Å². The summed E-state index contributed by atoms with van der Waals surface area (Å²) in [5, 5.41) is 0. The molecule has 0 aliphatic rings. The van der Waals surface area contributed by atoms with Crippen molar-refractivity contribution in [1.82, 2.24) is 0 Å². The van der Waals surface area contributed by atoms with Gasteiger partial charge in [0.05, 0.1) is 0 Å². The number of benzene rings is 1. The lowest BCUT2D eigenvalue weighted by Gasteiger charge is -2.23. The van der Waals surface area contributed by atoms with Gasteiger partial charge in [-0.3, -0.25) is 14.4 Å². The van der Waals surface area contributed by atoms with Crippen molar-refractivity contribution in [2.24, 2.45) is 5.73 Å². The molecule has 0 radical (unpaired) electrons. The lowest BCUT2D eigenvalue weighted by atomic mass is 10.0. The quantitative estimate of drug-likeness (QED) is 0.0300. The number of unbranched alkanes of at least 4 members (excludes halogenated alkanes) is 24. The lowest BCUT2D eigenvalue weighted by Crippen LogP contribution is -2.40. The van der Waals surface area contributed by atoms with Crippen molar-refractivity contribution in [3.63, 3.8) is 0 Å². The van der Waals surface area contributed by atoms with Crippen LogP contribution < -0.4 is 10.6 Å². The minimum Gasteiger partial charge on any atom is -0.462 e. The van der Waals surface area contributed by atoms with E-state index in [4.69, 9.17) is 43.1 Å². The van der Waals surface area contributed by atoms with Gasteiger partial charge in [0.15, 0.2) is 6.10 Å². The number of nitrogens with two attached hydrogens (primary N) is 1. The van der Waals surface area contributed by atoms with E-state index in [0.717, 1.165) is 49.8 Å². The zero-order valence-electron chi connectivity index (χ0n) is 36.9. The van der Waals surface area contributed by atoms with Gasteiger partial charge < -0.3 is 24.8 Å². The Morgan fingerprint density at radius 2 is 0.897 bits per heavy atom. The van der Waals surface area contributed by atoms with E-state index >= 15 is 0 Å². The van der Waals surface area contributed by atoms with Crippen molar-refractivity contribution in [2.45, 2.75) is 212 Å². The Morgan fingerprint density at radius 3 is 1.24 bits per heavy atom. The second-order valence-corrected chi connectivity index (χ2v) is 17.0. The van der Waals surface area contributed by atoms with Gasteiger partial charge in [0.25, 0.3) is 0 Å². The molecule has 10 heteroatoms. The van der Waals surface area contributed by atoms with Crippen LogP contribution in [0.1, 0.15) is 199 Å². The van der Waals surface area contributed by atoms with Gasteiger partial charge in [-0.25, -0.2) is 0 Å². The summed E-state index contributed by atoms with van der Waals surface area (Å²) in [4.78, 5) is 40.5. The third-order valence-electron chi connectivity index (χ3n) is 10.9. The molecule has 0 aliphatic carbocycles. The highest BCUT2D eigenvalue weighted by Gasteiger charge is 2.24. The van der Waals surface area contributed by atoms with E-state index < -0.39 is 18.1 Å². The molecule has 1 aromatic carbocycles. The molecule has 0 saturated carbocycles. The standard InChI is InChI=1S/C48H84Cl2N2O6/c1-3-5-7-9-11-13-15-17-19-21-23-25-27-29-46(53)56-40-44(41-57-47(54)30-28-26-24-22-20-18-16-14-12-10-8-6-4-2)58-48(55)45(51)39-42-31-33-43(34-32-42)52(37-35-49)38-36-50/h31-34,44-45H,3-30,35-41,51H2,1-2H3/t45-/m0/s1. The van der Waals surface area contributed by atoms with Crippen LogP contribution in [0, 0.1) is 0 Å². The Bertz CT molecular complexity index is 1070. The molecule has 1 aromatic rings. The number of carbonyl (C=O) groups excluding carboxylic acids is 3. The van der Waals surface area contributed by atoms with Crippen LogP contribution in [0.15, 0.2) is 24.3 Å². The van der Waals surface area contributed by atoms with Crippen molar-refractivity contribution in [3.05, 3.63) is 29.8 Å². The summed E-state index contributed by atoms with van der Waals surface area (Å²) in [7, 11) is 0. The number of nitrogens with zero attached hydrogens (tertiary/aromatic N) is 1. The summed E-state index contributed by atoms with van der Waals surface area (Å²) >= 11 is 11.9. The highest BCUT2D eigenvalue weighted by Crippen LogP contribution is 2.18. The molecule has 0 heterocycles. The highest BCUT2D eigenvalue weighted by atomic mass is 35.5. The van der Waals surface area contributed by atoms with E-state index in [9.17, 15) is 14.4 Å². The fourth-order valence-corrected chi connectivity index (χ4v) is 7.62. The second-order valence-electron chi connectivity index (χ2n) is 16.3. The van der Waals surface area contributed by atoms with Gasteiger partial charge in [0, 0.05) is 43.4 Å². The summed E-state index contributed by atoms with van der Waals surface area (Å²) in [6, 6.07) is 6.82. The molecule has 0 aromatic heterocycles. The van der Waals surface area contributed by atoms with Crippen molar-refractivity contribution < 1.29 is 28.6 Å². The molecular weight excluding hydrogens is 771 g/mol. The molecule has 336 valence electrons. The Morgan fingerprint density at radius 1 is 0.552 bits per heavy atom. The zero-order chi connectivity index (χ0) is 42.3. The van der Waals surface area contributed by atoms with Gasteiger partial charge in [-0.05, 0) is 37.0 Å². The molecule has 0 aliphatic heterocycles. The maximum Gasteiger partial charge on any atom is 0.323 e. The molecule has 0 unspecified atom stereocenters. The number of alkyl halides is 2. The molecule has 0 spiro atoms. The maximum atomic E-state index is 13.1. The van der Waals surface area contributed by atoms with Crippen LogP contribution in [-0.4, -0.2) is 68.1 Å². The summed E-state index contributed by atoms with van der Waals surface area (Å²) in [5.41, 5.74) is 8.15. The molecule has 0 fully saturated rings. The molecule has 0 amide bonds. The molecule has 58 heavy (non-hydrogen) atoms. The van der Waals surface area contributed by atoms with Crippen LogP contribution in [0.4, 0.5) is 5.69 Å². The van der Waals surface area contributed by atoms with Gasteiger partial charge in [-0.2, -0.15) is 0 Å². The van der Waals surface area contributed by atoms with Crippen molar-refractivity contribution in [1.29, 1.82) is 0 Å². The number of esters is 3. The largest absolute Gasteiger partial charge is 0.462 e. The van der Waals surface area contributed by atoms with Gasteiger partial charge >= 0.3 is 17.9 Å². The zero-order valence-corrected chi connectivity index (χ0v) is 38.5. The molecule has 1 atom stereocenters. The number of carbonyl (C=O) groups is 3. The van der Waals surface area contributed by atoms with Crippen molar-refractivity contribution in [2.75, 3.05) is 43.0 Å². The Balaban J connectivity index is 2.50. The van der Waals surface area contributed by atoms with Gasteiger partial charge in [0.2, 0.25) is 0 Å². The fraction of sp³-hybridized carbons (Fsp3) is 0.812. The van der Waals surface area contributed by atoms with E-state index in [1.807, 2.05) is 24.3 Å². The predicted molar refractivity (Wildman–Crippen MR) is 244 cm³/mol. The summed E-state index contributed by atoms with van der Waals surface area (Å²) in [6.07, 6.45) is 31.9. The van der Waals surface area contributed by atoms with E-state index in [0.29, 0.717) is 37.7 Å². The molecule has 2 N–H and O–H groups in total. The second kappa shape index (κ2) is 39.1. The van der Waals surface area contributed by atoms with Gasteiger partial charge in [-0.1, -0.05) is 180 Å². The normalized spacial score (nSPS) is 11.8. The van der Waals surface area contributed by atoms with Crippen LogP contribution in [0.5, 0.6) is 0 Å². The highest BCUT2D eigenvalue weighted by molar-refractivity contribution is 6.18. The Hall–Kier alpha value is -2.03. The number of ether oxygens (including phenoxy) is 3. The van der Waals surface area contributed by atoms with Crippen LogP contribution in [0.25, 0.3) is 0 Å². The monoisotopic (exact) mass is 855 g/mol. The Kier molecular flexibility index (Phi) is 36.4. The predicted octanol–water partition coefficient (Wildman–Crippen LogP) is 12.8. The van der Waals surface area contributed by atoms with Crippen molar-refractivity contribution in [3.8, 4) is 0 Å². The van der Waals surface area contributed by atoms with Crippen LogP contribution in [0.3, 0.4) is 0 Å². The molecule has 0 bridgehead atoms. The third-order valence-corrected chi connectivity index (χ3v) is 11.2. The average molecular weight is 856 g/mol. The molecule has 1 rings (SSSR count). The first-order chi connectivity index (χ1) is 28.3. The summed E-state index contributed by atoms with van der Waals surface area (Å²) < 4.78 is 16.8. The maximum absolute atomic E-state index is 13.1. The average Bonchev–Trinajstić information content (AvgIpc) is 3.22. The first kappa shape index (κ1) is 54.0. The SMILES string of the molecule is CCCCCCCCCCCCCCCC(=O)OCC(COC(=O)CCCCCCCCCCCCCCC)OC(=O)[C@@H](N)Cc1ccc(N(CCCl)CCCl)cc1. The van der Waals surface area contributed by atoms with Crippen molar-refractivity contribution >= 4 is 46.8 Å². The van der Waals surface area contributed by atoms with Crippen LogP contribution in [0.2, 0.25) is 0 Å². The minimum atomic E-state index is -0.946. The lowest BCUT2D eigenvalue weighted by molar-refractivity contribution is -0.167. The first-order valence-corrected chi connectivity index (χ1v) is 24.6. The molecule has 8 nitrogen and oxygen atoms in total. The first-order valence-electron chi connectivity index (χ1n) is 23.6. The van der Waals surface area contributed by atoms with Crippen LogP contribution in [-0.2, 0) is 35.0 Å². The smallest absolute Gasteiger partial charge is 0.323 e. The van der Waals surface area contributed by atoms with E-state index in [-0.39, 0.29) is 31.6 Å². The number of anilines is 1. The van der Waals surface area contributed by atoms with E-state index in [1.165, 1.54) is 128 Å². The number of hydrogen-bond donors (Lipinski definition) is 1. The van der Waals surface area contributed by atoms with Gasteiger partial charge in [0.1, 0.15) is 19.3 Å². The third kappa shape index (κ3) is 30.9. The fourth-order valence-electron chi connectivity index (χ4n) is 7.21. The number of halogens is 2. The summed E-state index contributed by atoms with van der Waals surface area (Å²) in [6.45, 7) is 5.49. The molecular formula is C48H84Cl2N2O6. The Labute approximate surface area is 364 Å². The van der Waals surface area contributed by atoms with E-state index in [2.05, 4.69) is 18.7 Å². The summed E-state index contributed by atoms with van der Waals surface area (Å²) in [5.74, 6) is -0.353. The number of rotatable bonds is 41. The number of hydrogen-bond acceptors (Lipinski definition) is 8. The molecule has 0 saturated heterocycles. The van der Waals surface area contributed by atoms with Gasteiger partial charge in [-0.15, -0.1) is 23.2 Å². The topological polar surface area (TPSA) is 108 Å². The minimum absolute atomic E-state index is 0.187. The van der Waals surface area contributed by atoms with Crippen LogP contribution >= 0.6 is 23.2 Å².